The highest BCUT2D eigenvalue weighted by Crippen LogP contribution is 2.25. The minimum absolute atomic E-state index is 0.0327. The van der Waals surface area contributed by atoms with Crippen molar-refractivity contribution in [2.75, 3.05) is 35.3 Å². The van der Waals surface area contributed by atoms with Crippen molar-refractivity contribution in [2.24, 2.45) is 0 Å². The molecule has 1 saturated heterocycles. The Labute approximate surface area is 240 Å². The van der Waals surface area contributed by atoms with Crippen LogP contribution in [0, 0.1) is 0 Å². The normalized spacial score (nSPS) is 13.5. The van der Waals surface area contributed by atoms with Crippen molar-refractivity contribution in [1.29, 1.82) is 0 Å². The Kier molecular flexibility index (Phi) is 9.08. The van der Waals surface area contributed by atoms with Gasteiger partial charge < -0.3 is 25.0 Å². The van der Waals surface area contributed by atoms with Crippen LogP contribution in [-0.4, -0.2) is 49.2 Å². The van der Waals surface area contributed by atoms with E-state index in [2.05, 4.69) is 16.0 Å². The number of benzene rings is 2. The van der Waals surface area contributed by atoms with Crippen molar-refractivity contribution in [1.82, 2.24) is 5.32 Å². The number of nitrogens with zero attached hydrogens (tertiary/aromatic N) is 1. The molecule has 3 aromatic rings. The fraction of sp³-hybridized carbons (Fsp3) is 0.286. The Hall–Kier alpha value is -3.93. The van der Waals surface area contributed by atoms with Crippen LogP contribution in [0.3, 0.4) is 0 Å². The average Bonchev–Trinajstić information content (AvgIpc) is 3.33. The molecule has 1 aliphatic heterocycles. The van der Waals surface area contributed by atoms with Gasteiger partial charge in [-0.2, -0.15) is 0 Å². The monoisotopic (exact) mass is 584 g/mol. The lowest BCUT2D eigenvalue weighted by Crippen LogP contribution is -2.41. The maximum atomic E-state index is 13.4. The summed E-state index contributed by atoms with van der Waals surface area (Å²) >= 11 is 7.09. The van der Waals surface area contributed by atoms with Crippen molar-refractivity contribution in [3.8, 4) is 0 Å². The topological polar surface area (TPSA) is 126 Å². The molecule has 0 atom stereocenters. The van der Waals surface area contributed by atoms with Crippen LogP contribution >= 0.6 is 22.9 Å². The first kappa shape index (κ1) is 29.1. The molecule has 4 rings (SSSR count). The molecule has 12 heteroatoms. The number of nitrogens with one attached hydrogen (secondary N) is 3. The van der Waals surface area contributed by atoms with Gasteiger partial charge in [0.1, 0.15) is 12.2 Å². The fourth-order valence-corrected chi connectivity index (χ4v) is 4.89. The van der Waals surface area contributed by atoms with Crippen LogP contribution in [0.25, 0.3) is 0 Å². The van der Waals surface area contributed by atoms with Gasteiger partial charge in [0, 0.05) is 41.3 Å². The SMILES string of the molecule is CC(C)(C)OC(=O)Nc1cccc(C(=O)Nc2ccc(N3CCOCC3=O)cc2)c1CNC(=O)c1ccc(Cl)s1. The molecule has 210 valence electrons. The number of carbonyl (C=O) groups is 4. The zero-order valence-corrected chi connectivity index (χ0v) is 23.8. The summed E-state index contributed by atoms with van der Waals surface area (Å²) in [6.45, 7) is 6.11. The third-order valence-corrected chi connectivity index (χ3v) is 6.93. The van der Waals surface area contributed by atoms with E-state index in [1.807, 2.05) is 0 Å². The van der Waals surface area contributed by atoms with E-state index < -0.39 is 17.6 Å². The van der Waals surface area contributed by atoms with Crippen molar-refractivity contribution < 1.29 is 28.7 Å². The molecule has 0 radical (unpaired) electrons. The van der Waals surface area contributed by atoms with Gasteiger partial charge in [-0.3, -0.25) is 19.7 Å². The number of halogens is 1. The Morgan fingerprint density at radius 1 is 1.02 bits per heavy atom. The summed E-state index contributed by atoms with van der Waals surface area (Å²) in [6.07, 6.45) is -0.698. The fourth-order valence-electron chi connectivity index (χ4n) is 3.93. The minimum atomic E-state index is -0.732. The Morgan fingerprint density at radius 2 is 1.77 bits per heavy atom. The first-order valence-electron chi connectivity index (χ1n) is 12.4. The first-order valence-corrected chi connectivity index (χ1v) is 13.6. The average molecular weight is 585 g/mol. The van der Waals surface area contributed by atoms with Gasteiger partial charge in [0.25, 0.3) is 17.7 Å². The van der Waals surface area contributed by atoms with Crippen LogP contribution in [0.5, 0.6) is 0 Å². The molecule has 0 spiro atoms. The number of hydrogen-bond donors (Lipinski definition) is 3. The van der Waals surface area contributed by atoms with E-state index in [1.165, 1.54) is 0 Å². The van der Waals surface area contributed by atoms with Gasteiger partial charge in [-0.1, -0.05) is 17.7 Å². The Bertz CT molecular complexity index is 1420. The van der Waals surface area contributed by atoms with Gasteiger partial charge in [0.15, 0.2) is 0 Å². The molecule has 10 nitrogen and oxygen atoms in total. The summed E-state index contributed by atoms with van der Waals surface area (Å²) in [5.41, 5.74) is 1.41. The third-order valence-electron chi connectivity index (χ3n) is 5.70. The smallest absolute Gasteiger partial charge is 0.412 e. The quantitative estimate of drug-likeness (QED) is 0.346. The molecule has 2 heterocycles. The predicted octanol–water partition coefficient (Wildman–Crippen LogP) is 5.29. The second kappa shape index (κ2) is 12.5. The van der Waals surface area contributed by atoms with Crippen LogP contribution in [0.1, 0.15) is 46.4 Å². The maximum absolute atomic E-state index is 13.4. The van der Waals surface area contributed by atoms with Gasteiger partial charge in [-0.15, -0.1) is 11.3 Å². The van der Waals surface area contributed by atoms with Crippen molar-refractivity contribution in [2.45, 2.75) is 32.9 Å². The van der Waals surface area contributed by atoms with Crippen LogP contribution in [0.4, 0.5) is 21.9 Å². The molecule has 2 aromatic carbocycles. The van der Waals surface area contributed by atoms with E-state index in [0.29, 0.717) is 45.0 Å². The lowest BCUT2D eigenvalue weighted by molar-refractivity contribution is -0.125. The number of amides is 4. The summed E-state index contributed by atoms with van der Waals surface area (Å²) in [4.78, 5) is 52.8. The second-order valence-corrected chi connectivity index (χ2v) is 11.6. The molecule has 1 aromatic heterocycles. The highest BCUT2D eigenvalue weighted by atomic mass is 35.5. The highest BCUT2D eigenvalue weighted by Gasteiger charge is 2.22. The van der Waals surface area contributed by atoms with E-state index >= 15 is 0 Å². The molecule has 3 N–H and O–H groups in total. The van der Waals surface area contributed by atoms with Gasteiger partial charge in [-0.05, 0) is 69.3 Å². The molecule has 40 heavy (non-hydrogen) atoms. The predicted molar refractivity (Wildman–Crippen MR) is 154 cm³/mol. The maximum Gasteiger partial charge on any atom is 0.412 e. The van der Waals surface area contributed by atoms with Gasteiger partial charge in [0.2, 0.25) is 0 Å². The number of rotatable bonds is 7. The van der Waals surface area contributed by atoms with E-state index in [4.69, 9.17) is 21.1 Å². The first-order chi connectivity index (χ1) is 19.0. The van der Waals surface area contributed by atoms with Crippen LogP contribution < -0.4 is 20.9 Å². The Morgan fingerprint density at radius 3 is 2.42 bits per heavy atom. The molecule has 0 saturated carbocycles. The standard InChI is InChI=1S/C28H29ClN4O6S/c1-28(2,3)39-27(37)32-21-6-4-5-19(20(21)15-30-26(36)22-11-12-23(29)40-22)25(35)31-17-7-9-18(10-8-17)33-13-14-38-16-24(33)34/h4-12H,13-16H2,1-3H3,(H,30,36)(H,31,35)(H,32,37). The molecule has 0 bridgehead atoms. The Balaban J connectivity index is 1.55. The van der Waals surface area contributed by atoms with Gasteiger partial charge >= 0.3 is 6.09 Å². The van der Waals surface area contributed by atoms with Crippen LogP contribution in [0.15, 0.2) is 54.6 Å². The van der Waals surface area contributed by atoms with E-state index in [-0.39, 0.29) is 30.5 Å². The second-order valence-electron chi connectivity index (χ2n) is 9.84. The van der Waals surface area contributed by atoms with Gasteiger partial charge in [0.05, 0.1) is 15.8 Å². The summed E-state index contributed by atoms with van der Waals surface area (Å²) in [7, 11) is 0. The van der Waals surface area contributed by atoms with E-state index in [1.54, 1.807) is 80.3 Å². The molecule has 1 aliphatic rings. The lowest BCUT2D eigenvalue weighted by atomic mass is 10.0. The van der Waals surface area contributed by atoms with Crippen molar-refractivity contribution in [3.05, 3.63) is 74.9 Å². The largest absolute Gasteiger partial charge is 0.444 e. The highest BCUT2D eigenvalue weighted by molar-refractivity contribution is 7.18. The van der Waals surface area contributed by atoms with Crippen LogP contribution in [-0.2, 0) is 20.8 Å². The van der Waals surface area contributed by atoms with Crippen molar-refractivity contribution >= 4 is 63.8 Å². The number of morpholine rings is 1. The number of ether oxygens (including phenoxy) is 2. The summed E-state index contributed by atoms with van der Waals surface area (Å²) in [6, 6.07) is 14.9. The molecule has 4 amide bonds. The summed E-state index contributed by atoms with van der Waals surface area (Å²) in [5.74, 6) is -0.955. The number of hydrogen-bond acceptors (Lipinski definition) is 7. The lowest BCUT2D eigenvalue weighted by Gasteiger charge is -2.27. The molecular formula is C28H29ClN4O6S. The number of anilines is 3. The van der Waals surface area contributed by atoms with Crippen LogP contribution in [0.2, 0.25) is 4.34 Å². The third kappa shape index (κ3) is 7.59. The van der Waals surface area contributed by atoms with E-state index in [9.17, 15) is 19.2 Å². The zero-order chi connectivity index (χ0) is 28.9. The minimum Gasteiger partial charge on any atom is -0.444 e. The van der Waals surface area contributed by atoms with Crippen molar-refractivity contribution in [3.63, 3.8) is 0 Å². The molecule has 0 unspecified atom stereocenters. The summed E-state index contributed by atoms with van der Waals surface area (Å²) in [5, 5.41) is 8.32. The number of carbonyl (C=O) groups excluding carboxylic acids is 4. The van der Waals surface area contributed by atoms with E-state index in [0.717, 1.165) is 11.3 Å². The summed E-state index contributed by atoms with van der Waals surface area (Å²) < 4.78 is 11.0. The molecular weight excluding hydrogens is 556 g/mol. The number of thiophene rings is 1. The molecule has 1 fully saturated rings. The van der Waals surface area contributed by atoms with Gasteiger partial charge in [-0.25, -0.2) is 4.79 Å². The zero-order valence-electron chi connectivity index (χ0n) is 22.2. The molecule has 0 aliphatic carbocycles.